The van der Waals surface area contributed by atoms with Crippen molar-refractivity contribution < 1.29 is 4.79 Å². The molecule has 0 spiro atoms. The van der Waals surface area contributed by atoms with E-state index in [0.29, 0.717) is 48.2 Å². The zero-order chi connectivity index (χ0) is 14.5. The van der Waals surface area contributed by atoms with Gasteiger partial charge in [0.2, 0.25) is 5.91 Å². The molecule has 0 saturated heterocycles. The van der Waals surface area contributed by atoms with Crippen molar-refractivity contribution in [2.45, 2.75) is 6.42 Å². The first-order valence-electron chi connectivity index (χ1n) is 6.10. The van der Waals surface area contributed by atoms with Gasteiger partial charge in [0.15, 0.2) is 5.82 Å². The third-order valence-electron chi connectivity index (χ3n) is 2.90. The van der Waals surface area contributed by atoms with Gasteiger partial charge in [0, 0.05) is 30.6 Å². The maximum atomic E-state index is 11.7. The van der Waals surface area contributed by atoms with E-state index in [1.54, 1.807) is 11.0 Å². The number of carbonyl (C=O) groups excluding carboxylic acids is 1. The normalized spacial score (nSPS) is 14.1. The minimum atomic E-state index is -0.0811. The number of aromatic nitrogens is 2. The van der Waals surface area contributed by atoms with Crippen LogP contribution in [0.5, 0.6) is 0 Å². The number of nitrogens with one attached hydrogen (secondary N) is 2. The third-order valence-corrected chi connectivity index (χ3v) is 3.09. The zero-order valence-electron chi connectivity index (χ0n) is 10.8. The summed E-state index contributed by atoms with van der Waals surface area (Å²) in [6.45, 7) is 4.55. The number of carbonyl (C=O) groups is 1. The summed E-state index contributed by atoms with van der Waals surface area (Å²) < 4.78 is 0. The lowest BCUT2D eigenvalue weighted by molar-refractivity contribution is -0.124. The number of rotatable bonds is 6. The predicted molar refractivity (Wildman–Crippen MR) is 76.2 cm³/mol. The van der Waals surface area contributed by atoms with Crippen molar-refractivity contribution in [3.05, 3.63) is 35.7 Å². The quantitative estimate of drug-likeness (QED) is 0.613. The van der Waals surface area contributed by atoms with E-state index in [0.717, 1.165) is 0 Å². The Hall–Kier alpha value is -2.26. The first-order valence-corrected chi connectivity index (χ1v) is 6.63. The van der Waals surface area contributed by atoms with Crippen LogP contribution < -0.4 is 5.32 Å². The van der Waals surface area contributed by atoms with Crippen LogP contribution in [0.15, 0.2) is 24.4 Å². The van der Waals surface area contributed by atoms with E-state index in [-0.39, 0.29) is 5.91 Å². The van der Waals surface area contributed by atoms with Crippen LogP contribution in [0.2, 0.25) is 0 Å². The van der Waals surface area contributed by atoms with Gasteiger partial charge in [-0.2, -0.15) is 10.4 Å². The molecule has 2 heterocycles. The molecule has 0 radical (unpaired) electrons. The highest BCUT2D eigenvalue weighted by molar-refractivity contribution is 6.18. The van der Waals surface area contributed by atoms with Gasteiger partial charge in [-0.05, 0) is 0 Å². The average molecular weight is 292 g/mol. The molecule has 1 aliphatic rings. The fraction of sp³-hybridized carbons (Fsp3) is 0.308. The van der Waals surface area contributed by atoms with Crippen LogP contribution in [-0.4, -0.2) is 40.0 Å². The highest BCUT2D eigenvalue weighted by atomic mass is 35.5. The third kappa shape index (κ3) is 2.83. The number of alkyl halides is 1. The number of aryl methyl sites for hydroxylation is 1. The van der Waals surface area contributed by atoms with Crippen molar-refractivity contribution in [2.75, 3.05) is 24.3 Å². The molecule has 1 aliphatic heterocycles. The minimum absolute atomic E-state index is 0.0811. The van der Waals surface area contributed by atoms with Gasteiger partial charge in [0.25, 0.3) is 0 Å². The highest BCUT2D eigenvalue weighted by Gasteiger charge is 2.22. The second-order valence-electron chi connectivity index (χ2n) is 4.28. The first kappa shape index (κ1) is 14.2. The van der Waals surface area contributed by atoms with Crippen molar-refractivity contribution >= 4 is 23.3 Å². The molecule has 0 aliphatic carbocycles. The summed E-state index contributed by atoms with van der Waals surface area (Å²) in [6.07, 6.45) is 3.71. The molecule has 6 nitrogen and oxygen atoms in total. The Morgan fingerprint density at radius 2 is 2.50 bits per heavy atom. The van der Waals surface area contributed by atoms with Gasteiger partial charge >= 0.3 is 0 Å². The molecule has 0 aromatic carbocycles. The standard InChI is InChI=1S/C13H14ClN5O/c1-2-5-19-8-9(6-12(19)20)16-13-10(7-15)11(3-4-14)17-18-13/h2,6H,1,3-5,8H2,(H2,16,17,18). The summed E-state index contributed by atoms with van der Waals surface area (Å²) in [7, 11) is 0. The van der Waals surface area contributed by atoms with E-state index in [1.165, 1.54) is 6.08 Å². The summed E-state index contributed by atoms with van der Waals surface area (Å²) in [5.41, 5.74) is 1.83. The molecule has 0 atom stereocenters. The Bertz CT molecular complexity index is 598. The van der Waals surface area contributed by atoms with Crippen LogP contribution in [0, 0.1) is 11.3 Å². The lowest BCUT2D eigenvalue weighted by Crippen LogP contribution is -2.26. The molecule has 1 aromatic heterocycles. The van der Waals surface area contributed by atoms with Crippen molar-refractivity contribution in [2.24, 2.45) is 0 Å². The van der Waals surface area contributed by atoms with E-state index in [4.69, 9.17) is 11.6 Å². The number of aromatic amines is 1. The Kier molecular flexibility index (Phi) is 4.43. The van der Waals surface area contributed by atoms with E-state index in [2.05, 4.69) is 28.2 Å². The van der Waals surface area contributed by atoms with Gasteiger partial charge < -0.3 is 10.2 Å². The fourth-order valence-corrected chi connectivity index (χ4v) is 2.16. The average Bonchev–Trinajstić information content (AvgIpc) is 2.95. The van der Waals surface area contributed by atoms with Crippen LogP contribution in [0.25, 0.3) is 0 Å². The number of hydrogen-bond acceptors (Lipinski definition) is 4. The molecule has 20 heavy (non-hydrogen) atoms. The zero-order valence-corrected chi connectivity index (χ0v) is 11.6. The summed E-state index contributed by atoms with van der Waals surface area (Å²) in [5, 5.41) is 19.0. The van der Waals surface area contributed by atoms with Gasteiger partial charge in [-0.3, -0.25) is 9.89 Å². The largest absolute Gasteiger partial charge is 0.339 e. The summed E-state index contributed by atoms with van der Waals surface area (Å²) in [6, 6.07) is 2.09. The van der Waals surface area contributed by atoms with Gasteiger partial charge in [0.1, 0.15) is 11.6 Å². The smallest absolute Gasteiger partial charge is 0.249 e. The van der Waals surface area contributed by atoms with Crippen LogP contribution in [0.3, 0.4) is 0 Å². The van der Waals surface area contributed by atoms with E-state index >= 15 is 0 Å². The van der Waals surface area contributed by atoms with Crippen molar-refractivity contribution in [3.63, 3.8) is 0 Å². The molecule has 0 saturated carbocycles. The topological polar surface area (TPSA) is 84.8 Å². The van der Waals surface area contributed by atoms with Crippen molar-refractivity contribution in [1.82, 2.24) is 15.1 Å². The van der Waals surface area contributed by atoms with E-state index < -0.39 is 0 Å². The van der Waals surface area contributed by atoms with Gasteiger partial charge in [-0.25, -0.2) is 0 Å². The van der Waals surface area contributed by atoms with E-state index in [1.807, 2.05) is 0 Å². The molecule has 0 unspecified atom stereocenters. The monoisotopic (exact) mass is 291 g/mol. The molecule has 0 bridgehead atoms. The predicted octanol–water partition coefficient (Wildman–Crippen LogP) is 1.39. The second kappa shape index (κ2) is 6.26. The molecule has 2 rings (SSSR count). The molecule has 7 heteroatoms. The van der Waals surface area contributed by atoms with Crippen LogP contribution in [-0.2, 0) is 11.2 Å². The molecular weight excluding hydrogens is 278 g/mol. The van der Waals surface area contributed by atoms with Crippen molar-refractivity contribution in [1.29, 1.82) is 5.26 Å². The minimum Gasteiger partial charge on any atom is -0.339 e. The lowest BCUT2D eigenvalue weighted by atomic mass is 10.2. The molecule has 1 amide bonds. The number of anilines is 1. The van der Waals surface area contributed by atoms with Crippen molar-refractivity contribution in [3.8, 4) is 6.07 Å². The number of nitrogens with zero attached hydrogens (tertiary/aromatic N) is 3. The van der Waals surface area contributed by atoms with Gasteiger partial charge in [0.05, 0.1) is 12.2 Å². The molecule has 104 valence electrons. The Morgan fingerprint density at radius 3 is 3.15 bits per heavy atom. The number of nitriles is 1. The number of amides is 1. The molecular formula is C13H14ClN5O. The van der Waals surface area contributed by atoms with Crippen LogP contribution >= 0.6 is 11.6 Å². The summed E-state index contributed by atoms with van der Waals surface area (Å²) in [5.74, 6) is 0.750. The highest BCUT2D eigenvalue weighted by Crippen LogP contribution is 2.20. The second-order valence-corrected chi connectivity index (χ2v) is 4.66. The summed E-state index contributed by atoms with van der Waals surface area (Å²) >= 11 is 5.67. The van der Waals surface area contributed by atoms with Crippen LogP contribution in [0.4, 0.5) is 5.82 Å². The lowest BCUT2D eigenvalue weighted by Gasteiger charge is -2.13. The fourth-order valence-electron chi connectivity index (χ4n) is 1.97. The van der Waals surface area contributed by atoms with E-state index in [9.17, 15) is 10.1 Å². The molecule has 0 fully saturated rings. The Balaban J connectivity index is 2.12. The SMILES string of the molecule is C=CCN1CC(Nc2n[nH]c(CCCl)c2C#N)=CC1=O. The Labute approximate surface area is 121 Å². The van der Waals surface area contributed by atoms with Gasteiger partial charge in [-0.15, -0.1) is 18.2 Å². The number of hydrogen-bond donors (Lipinski definition) is 2. The number of H-pyrrole nitrogens is 1. The molecule has 1 aromatic rings. The van der Waals surface area contributed by atoms with Crippen LogP contribution in [0.1, 0.15) is 11.3 Å². The Morgan fingerprint density at radius 1 is 1.70 bits per heavy atom. The summed E-state index contributed by atoms with van der Waals surface area (Å²) in [4.78, 5) is 13.3. The van der Waals surface area contributed by atoms with Gasteiger partial charge in [-0.1, -0.05) is 6.08 Å². The maximum absolute atomic E-state index is 11.7. The maximum Gasteiger partial charge on any atom is 0.249 e. The first-order chi connectivity index (χ1) is 9.69. The molecule has 2 N–H and O–H groups in total. The number of halogens is 1.